The molecule has 0 unspecified atom stereocenters. The zero-order valence-corrected chi connectivity index (χ0v) is 14.2. The van der Waals surface area contributed by atoms with Gasteiger partial charge in [0, 0.05) is 37.3 Å². The van der Waals surface area contributed by atoms with Gasteiger partial charge in [0.2, 0.25) is 0 Å². The predicted octanol–water partition coefficient (Wildman–Crippen LogP) is 4.24. The highest BCUT2D eigenvalue weighted by Gasteiger charge is 2.30. The highest BCUT2D eigenvalue weighted by Crippen LogP contribution is 2.31. The molecule has 24 heavy (non-hydrogen) atoms. The summed E-state index contributed by atoms with van der Waals surface area (Å²) >= 11 is 0. The third-order valence-corrected chi connectivity index (χ3v) is 3.99. The van der Waals surface area contributed by atoms with E-state index in [9.17, 15) is 13.2 Å². The van der Waals surface area contributed by atoms with Crippen molar-refractivity contribution in [2.24, 2.45) is 0 Å². The molecule has 0 spiro atoms. The first-order valence-electron chi connectivity index (χ1n) is 7.89. The second-order valence-corrected chi connectivity index (χ2v) is 5.80. The largest absolute Gasteiger partial charge is 0.416 e. The molecule has 3 nitrogen and oxygen atoms in total. The Morgan fingerprint density at radius 2 is 1.92 bits per heavy atom. The third kappa shape index (κ3) is 4.39. The first-order chi connectivity index (χ1) is 11.3. The minimum absolute atomic E-state index is 0.533. The van der Waals surface area contributed by atoms with E-state index in [1.165, 1.54) is 12.1 Å². The van der Waals surface area contributed by atoms with Gasteiger partial charge in [0.1, 0.15) is 0 Å². The van der Waals surface area contributed by atoms with Crippen LogP contribution in [0, 0.1) is 13.8 Å². The van der Waals surface area contributed by atoms with Crippen molar-refractivity contribution < 1.29 is 17.9 Å². The molecule has 2 aromatic rings. The molecule has 1 aromatic heterocycles. The molecule has 0 aliphatic carbocycles. The Bertz CT molecular complexity index is 677. The number of aromatic nitrogens is 1. The highest BCUT2D eigenvalue weighted by molar-refractivity contribution is 5.43. The number of rotatable bonds is 7. The average Bonchev–Trinajstić information content (AvgIpc) is 2.80. The van der Waals surface area contributed by atoms with Crippen LogP contribution in [-0.4, -0.2) is 24.8 Å². The monoisotopic (exact) mass is 340 g/mol. The van der Waals surface area contributed by atoms with Crippen molar-refractivity contribution >= 4 is 0 Å². The summed E-state index contributed by atoms with van der Waals surface area (Å²) in [5, 5.41) is 3.33. The van der Waals surface area contributed by atoms with Gasteiger partial charge >= 0.3 is 6.18 Å². The molecule has 6 heteroatoms. The molecular weight excluding hydrogens is 317 g/mol. The van der Waals surface area contributed by atoms with Crippen LogP contribution in [0.15, 0.2) is 30.3 Å². The van der Waals surface area contributed by atoms with E-state index in [-0.39, 0.29) is 0 Å². The summed E-state index contributed by atoms with van der Waals surface area (Å²) in [6.45, 7) is 6.06. The minimum Gasteiger partial charge on any atom is -0.385 e. The summed E-state index contributed by atoms with van der Waals surface area (Å²) in [5.41, 5.74) is 2.85. The molecule has 0 radical (unpaired) electrons. The molecule has 0 atom stereocenters. The van der Waals surface area contributed by atoms with Crippen LogP contribution in [-0.2, 0) is 17.5 Å². The smallest absolute Gasteiger partial charge is 0.385 e. The van der Waals surface area contributed by atoms with Gasteiger partial charge in [0.05, 0.1) is 5.56 Å². The van der Waals surface area contributed by atoms with Crippen LogP contribution in [0.3, 0.4) is 0 Å². The standard InChI is InChI=1S/C18H23F3N2O/c1-13-10-15(12-22-8-5-9-24-3)14(2)23(13)17-7-4-6-16(11-17)18(19,20)21/h4,6-7,10-11,22H,5,8-9,12H2,1-3H3. The van der Waals surface area contributed by atoms with Crippen LogP contribution in [0.25, 0.3) is 5.69 Å². The number of hydrogen-bond donors (Lipinski definition) is 1. The molecule has 0 saturated carbocycles. The van der Waals surface area contributed by atoms with Crippen molar-refractivity contribution in [3.8, 4) is 5.69 Å². The van der Waals surface area contributed by atoms with Crippen LogP contribution >= 0.6 is 0 Å². The van der Waals surface area contributed by atoms with E-state index in [1.54, 1.807) is 13.2 Å². The van der Waals surface area contributed by atoms with Gasteiger partial charge in [-0.25, -0.2) is 0 Å². The molecule has 0 aliphatic heterocycles. The summed E-state index contributed by atoms with van der Waals surface area (Å²) in [7, 11) is 1.67. The Morgan fingerprint density at radius 3 is 2.58 bits per heavy atom. The quantitative estimate of drug-likeness (QED) is 0.763. The van der Waals surface area contributed by atoms with Crippen molar-refractivity contribution in [1.29, 1.82) is 0 Å². The number of halogens is 3. The Kier molecular flexibility index (Phi) is 6.07. The van der Waals surface area contributed by atoms with Crippen LogP contribution in [0.1, 0.15) is 28.9 Å². The lowest BCUT2D eigenvalue weighted by Crippen LogP contribution is -2.16. The maximum Gasteiger partial charge on any atom is 0.416 e. The molecule has 0 saturated heterocycles. The molecule has 0 amide bonds. The molecule has 1 N–H and O–H groups in total. The lowest BCUT2D eigenvalue weighted by atomic mass is 10.2. The fourth-order valence-electron chi connectivity index (χ4n) is 2.79. The summed E-state index contributed by atoms with van der Waals surface area (Å²) in [4.78, 5) is 0. The fraction of sp³-hybridized carbons (Fsp3) is 0.444. The molecular formula is C18H23F3N2O. The van der Waals surface area contributed by atoms with Gasteiger partial charge in [0.25, 0.3) is 0 Å². The number of ether oxygens (including phenoxy) is 1. The Labute approximate surface area is 140 Å². The molecule has 132 valence electrons. The summed E-state index contributed by atoms with van der Waals surface area (Å²) < 4.78 is 45.7. The number of nitrogens with zero attached hydrogens (tertiary/aromatic N) is 1. The average molecular weight is 340 g/mol. The molecule has 1 aromatic carbocycles. The van der Waals surface area contributed by atoms with E-state index in [0.29, 0.717) is 18.8 Å². The maximum atomic E-state index is 12.9. The molecule has 0 bridgehead atoms. The van der Waals surface area contributed by atoms with Crippen LogP contribution in [0.4, 0.5) is 13.2 Å². The minimum atomic E-state index is -4.34. The van der Waals surface area contributed by atoms with Crippen molar-refractivity contribution in [1.82, 2.24) is 9.88 Å². The Balaban J connectivity index is 2.20. The van der Waals surface area contributed by atoms with E-state index in [1.807, 2.05) is 24.5 Å². The van der Waals surface area contributed by atoms with Crippen molar-refractivity contribution in [3.63, 3.8) is 0 Å². The molecule has 2 rings (SSSR count). The lowest BCUT2D eigenvalue weighted by molar-refractivity contribution is -0.137. The van der Waals surface area contributed by atoms with Gasteiger partial charge in [-0.1, -0.05) is 6.07 Å². The molecule has 1 heterocycles. The van der Waals surface area contributed by atoms with Crippen LogP contribution in [0.2, 0.25) is 0 Å². The second kappa shape index (κ2) is 7.85. The van der Waals surface area contributed by atoms with E-state index in [0.717, 1.165) is 36.0 Å². The SMILES string of the molecule is COCCCNCc1cc(C)n(-c2cccc(C(F)(F)F)c2)c1C. The van der Waals surface area contributed by atoms with E-state index in [2.05, 4.69) is 5.32 Å². The topological polar surface area (TPSA) is 26.2 Å². The third-order valence-electron chi connectivity index (χ3n) is 3.99. The van der Waals surface area contributed by atoms with Gasteiger partial charge in [-0.2, -0.15) is 13.2 Å². The van der Waals surface area contributed by atoms with Gasteiger partial charge in [0.15, 0.2) is 0 Å². The normalized spacial score (nSPS) is 11.9. The predicted molar refractivity (Wildman–Crippen MR) is 88.4 cm³/mol. The lowest BCUT2D eigenvalue weighted by Gasteiger charge is -2.13. The van der Waals surface area contributed by atoms with Crippen molar-refractivity contribution in [3.05, 3.63) is 52.8 Å². The zero-order valence-electron chi connectivity index (χ0n) is 14.2. The van der Waals surface area contributed by atoms with Gasteiger partial charge in [-0.3, -0.25) is 0 Å². The van der Waals surface area contributed by atoms with E-state index >= 15 is 0 Å². The van der Waals surface area contributed by atoms with Gasteiger partial charge in [-0.05, 0) is 56.6 Å². The van der Waals surface area contributed by atoms with Crippen molar-refractivity contribution in [2.75, 3.05) is 20.3 Å². The second-order valence-electron chi connectivity index (χ2n) is 5.80. The van der Waals surface area contributed by atoms with E-state index < -0.39 is 11.7 Å². The first-order valence-corrected chi connectivity index (χ1v) is 7.89. The Hall–Kier alpha value is -1.79. The first kappa shape index (κ1) is 18.5. The molecule has 0 fully saturated rings. The van der Waals surface area contributed by atoms with Gasteiger partial charge in [-0.15, -0.1) is 0 Å². The molecule has 0 aliphatic rings. The highest BCUT2D eigenvalue weighted by atomic mass is 19.4. The summed E-state index contributed by atoms with van der Waals surface area (Å²) in [5.74, 6) is 0. The van der Waals surface area contributed by atoms with Crippen LogP contribution in [0.5, 0.6) is 0 Å². The van der Waals surface area contributed by atoms with Gasteiger partial charge < -0.3 is 14.6 Å². The van der Waals surface area contributed by atoms with Crippen LogP contribution < -0.4 is 5.32 Å². The number of benzene rings is 1. The number of aryl methyl sites for hydroxylation is 1. The summed E-state index contributed by atoms with van der Waals surface area (Å²) in [6.07, 6.45) is -3.42. The number of methoxy groups -OCH3 is 1. The maximum absolute atomic E-state index is 12.9. The zero-order chi connectivity index (χ0) is 17.7. The van der Waals surface area contributed by atoms with E-state index in [4.69, 9.17) is 4.74 Å². The number of alkyl halides is 3. The number of nitrogens with one attached hydrogen (secondary N) is 1. The number of hydrogen-bond acceptors (Lipinski definition) is 2. The van der Waals surface area contributed by atoms with Crippen molar-refractivity contribution in [2.45, 2.75) is 33.0 Å². The summed E-state index contributed by atoms with van der Waals surface area (Å²) in [6, 6.07) is 7.44. The fourth-order valence-corrected chi connectivity index (χ4v) is 2.79. The Morgan fingerprint density at radius 1 is 1.17 bits per heavy atom.